The summed E-state index contributed by atoms with van der Waals surface area (Å²) in [5.74, 6) is -1.73. The molecule has 0 bridgehead atoms. The summed E-state index contributed by atoms with van der Waals surface area (Å²) in [6.07, 6.45) is -1.85. The van der Waals surface area contributed by atoms with Crippen LogP contribution in [0.1, 0.15) is 12.0 Å². The van der Waals surface area contributed by atoms with Crippen molar-refractivity contribution in [2.45, 2.75) is 18.6 Å². The number of carboxylic acid groups (broad SMARTS) is 1. The second-order valence-electron chi connectivity index (χ2n) is 5.15. The molecule has 1 amide bonds. The molecule has 1 atom stereocenters. The second kappa shape index (κ2) is 10.1. The number of rotatable bonds is 8. The van der Waals surface area contributed by atoms with Crippen molar-refractivity contribution in [1.82, 2.24) is 5.32 Å². The van der Waals surface area contributed by atoms with Crippen LogP contribution in [0.25, 0.3) is 0 Å². The van der Waals surface area contributed by atoms with E-state index in [1.165, 1.54) is 17.8 Å². The molecular formula is C16H15ClF3N3O3S. The van der Waals surface area contributed by atoms with E-state index >= 15 is 0 Å². The van der Waals surface area contributed by atoms with Gasteiger partial charge in [0.25, 0.3) is 5.91 Å². The van der Waals surface area contributed by atoms with Gasteiger partial charge in [0, 0.05) is 11.9 Å². The first-order chi connectivity index (χ1) is 12.6. The Kier molecular flexibility index (Phi) is 8.46. The van der Waals surface area contributed by atoms with Crippen molar-refractivity contribution >= 4 is 40.9 Å². The summed E-state index contributed by atoms with van der Waals surface area (Å²) < 4.78 is 38.5. The van der Waals surface area contributed by atoms with Crippen molar-refractivity contribution in [3.63, 3.8) is 0 Å². The Balaban J connectivity index is 2.93. The lowest BCUT2D eigenvalue weighted by atomic mass is 10.2. The monoisotopic (exact) mass is 421 g/mol. The molecule has 1 rings (SSSR count). The number of alkyl halides is 3. The number of carbonyl (C=O) groups excluding carboxylic acids is 1. The zero-order valence-corrected chi connectivity index (χ0v) is 15.5. The molecule has 0 saturated heterocycles. The van der Waals surface area contributed by atoms with E-state index in [4.69, 9.17) is 22.0 Å². The van der Waals surface area contributed by atoms with Gasteiger partial charge in [-0.05, 0) is 36.6 Å². The van der Waals surface area contributed by atoms with Crippen LogP contribution in [0.4, 0.5) is 18.9 Å². The van der Waals surface area contributed by atoms with E-state index in [9.17, 15) is 22.8 Å². The van der Waals surface area contributed by atoms with E-state index < -0.39 is 40.3 Å². The number of amides is 1. The van der Waals surface area contributed by atoms with Gasteiger partial charge in [0.05, 0.1) is 10.6 Å². The number of halogens is 4. The van der Waals surface area contributed by atoms with Crippen LogP contribution in [0.2, 0.25) is 5.02 Å². The van der Waals surface area contributed by atoms with E-state index in [-0.39, 0.29) is 12.1 Å². The van der Waals surface area contributed by atoms with Crippen LogP contribution in [-0.2, 0) is 15.8 Å². The minimum Gasteiger partial charge on any atom is -0.480 e. The van der Waals surface area contributed by atoms with Gasteiger partial charge in [0.15, 0.2) is 0 Å². The second-order valence-corrected chi connectivity index (χ2v) is 6.55. The predicted molar refractivity (Wildman–Crippen MR) is 96.3 cm³/mol. The van der Waals surface area contributed by atoms with E-state index in [0.29, 0.717) is 5.75 Å². The highest BCUT2D eigenvalue weighted by Crippen LogP contribution is 2.36. The summed E-state index contributed by atoms with van der Waals surface area (Å²) >= 11 is 6.90. The molecule has 0 aromatic heterocycles. The molecule has 11 heteroatoms. The maximum atomic E-state index is 12.8. The van der Waals surface area contributed by atoms with Crippen LogP contribution < -0.4 is 10.6 Å². The SMILES string of the molecule is CSCCC(NC(=O)/C(C#N)=C\Nc1ccc(Cl)c(C(F)(F)F)c1)C(=O)O. The average molecular weight is 422 g/mol. The Morgan fingerprint density at radius 3 is 2.63 bits per heavy atom. The molecule has 0 aliphatic rings. The summed E-state index contributed by atoms with van der Waals surface area (Å²) in [4.78, 5) is 23.2. The topological polar surface area (TPSA) is 102 Å². The third-order valence-electron chi connectivity index (χ3n) is 3.23. The predicted octanol–water partition coefficient (Wildman–Crippen LogP) is 3.50. The fraction of sp³-hybridized carbons (Fsp3) is 0.312. The van der Waals surface area contributed by atoms with Crippen LogP contribution in [0, 0.1) is 11.3 Å². The molecule has 0 aliphatic heterocycles. The summed E-state index contributed by atoms with van der Waals surface area (Å²) in [6.45, 7) is 0. The van der Waals surface area contributed by atoms with Gasteiger partial charge in [-0.3, -0.25) is 4.79 Å². The molecule has 0 spiro atoms. The summed E-state index contributed by atoms with van der Waals surface area (Å²) in [5.41, 5.74) is -1.62. The highest BCUT2D eigenvalue weighted by Gasteiger charge is 2.33. The molecule has 0 aliphatic carbocycles. The number of anilines is 1. The Labute approximate surface area is 162 Å². The van der Waals surface area contributed by atoms with E-state index in [1.54, 1.807) is 12.3 Å². The zero-order valence-electron chi connectivity index (χ0n) is 13.9. The Morgan fingerprint density at radius 2 is 2.11 bits per heavy atom. The van der Waals surface area contributed by atoms with Crippen LogP contribution in [0.15, 0.2) is 30.0 Å². The third kappa shape index (κ3) is 7.03. The normalized spacial score (nSPS) is 12.8. The van der Waals surface area contributed by atoms with E-state index in [2.05, 4.69) is 10.6 Å². The zero-order chi connectivity index (χ0) is 20.6. The number of carbonyl (C=O) groups is 2. The highest BCUT2D eigenvalue weighted by atomic mass is 35.5. The number of nitrogens with one attached hydrogen (secondary N) is 2. The first-order valence-electron chi connectivity index (χ1n) is 7.36. The smallest absolute Gasteiger partial charge is 0.417 e. The van der Waals surface area contributed by atoms with Crippen molar-refractivity contribution in [3.05, 3.63) is 40.6 Å². The average Bonchev–Trinajstić information content (AvgIpc) is 2.59. The lowest BCUT2D eigenvalue weighted by Gasteiger charge is -2.14. The first kappa shape index (κ1) is 22.7. The van der Waals surface area contributed by atoms with Crippen molar-refractivity contribution in [2.24, 2.45) is 0 Å². The molecule has 146 valence electrons. The van der Waals surface area contributed by atoms with Crippen LogP contribution >= 0.6 is 23.4 Å². The fourth-order valence-corrected chi connectivity index (χ4v) is 2.56. The number of hydrogen-bond acceptors (Lipinski definition) is 5. The molecule has 0 heterocycles. The molecular weight excluding hydrogens is 407 g/mol. The number of carboxylic acids is 1. The standard InChI is InChI=1S/C16H15ClF3N3O3S/c1-27-5-4-13(15(25)26)23-14(24)9(7-21)8-22-10-2-3-12(17)11(6-10)16(18,19)20/h2-3,6,8,13,22H,4-5H2,1H3,(H,23,24)(H,25,26)/b9-8-. The van der Waals surface area contributed by atoms with Gasteiger partial charge in [0.2, 0.25) is 0 Å². The minimum absolute atomic E-state index is 0.0514. The van der Waals surface area contributed by atoms with Crippen LogP contribution in [0.5, 0.6) is 0 Å². The van der Waals surface area contributed by atoms with Crippen LogP contribution in [0.3, 0.4) is 0 Å². The summed E-state index contributed by atoms with van der Waals surface area (Å²) in [5, 5.41) is 22.3. The quantitative estimate of drug-likeness (QED) is 0.438. The molecule has 0 saturated carbocycles. The molecule has 1 unspecified atom stereocenters. The van der Waals surface area contributed by atoms with Gasteiger partial charge in [-0.15, -0.1) is 0 Å². The Morgan fingerprint density at radius 1 is 1.44 bits per heavy atom. The van der Waals surface area contributed by atoms with Crippen molar-refractivity contribution in [1.29, 1.82) is 5.26 Å². The number of nitriles is 1. The lowest BCUT2D eigenvalue weighted by molar-refractivity contribution is -0.141. The molecule has 27 heavy (non-hydrogen) atoms. The van der Waals surface area contributed by atoms with Crippen LogP contribution in [-0.4, -0.2) is 35.0 Å². The van der Waals surface area contributed by atoms with E-state index in [1.807, 2.05) is 0 Å². The van der Waals surface area contributed by atoms with Gasteiger partial charge < -0.3 is 15.7 Å². The van der Waals surface area contributed by atoms with Gasteiger partial charge in [-0.25, -0.2) is 4.79 Å². The number of aliphatic carboxylic acids is 1. The molecule has 0 fully saturated rings. The maximum absolute atomic E-state index is 12.8. The molecule has 1 aromatic carbocycles. The summed E-state index contributed by atoms with van der Waals surface area (Å²) in [6, 6.07) is 3.37. The summed E-state index contributed by atoms with van der Waals surface area (Å²) in [7, 11) is 0. The molecule has 1 aromatic rings. The fourth-order valence-electron chi connectivity index (χ4n) is 1.87. The van der Waals surface area contributed by atoms with Crippen molar-refractivity contribution in [2.75, 3.05) is 17.3 Å². The molecule has 6 nitrogen and oxygen atoms in total. The Bertz CT molecular complexity index is 778. The first-order valence-corrected chi connectivity index (χ1v) is 9.13. The van der Waals surface area contributed by atoms with Crippen molar-refractivity contribution in [3.8, 4) is 6.07 Å². The highest BCUT2D eigenvalue weighted by molar-refractivity contribution is 7.98. The van der Waals surface area contributed by atoms with E-state index in [0.717, 1.165) is 18.3 Å². The largest absolute Gasteiger partial charge is 0.480 e. The number of thioether (sulfide) groups is 1. The maximum Gasteiger partial charge on any atom is 0.417 e. The van der Waals surface area contributed by atoms with Gasteiger partial charge in [-0.2, -0.15) is 30.2 Å². The van der Waals surface area contributed by atoms with Crippen molar-refractivity contribution < 1.29 is 27.9 Å². The van der Waals surface area contributed by atoms with Gasteiger partial charge in [-0.1, -0.05) is 11.6 Å². The molecule has 0 radical (unpaired) electrons. The Hall–Kier alpha value is -2.38. The number of benzene rings is 1. The lowest BCUT2D eigenvalue weighted by Crippen LogP contribution is -2.41. The van der Waals surface area contributed by atoms with Gasteiger partial charge >= 0.3 is 12.1 Å². The number of nitrogens with zero attached hydrogens (tertiary/aromatic N) is 1. The molecule has 3 N–H and O–H groups in total. The number of hydrogen-bond donors (Lipinski definition) is 3. The van der Waals surface area contributed by atoms with Gasteiger partial charge in [0.1, 0.15) is 17.7 Å². The third-order valence-corrected chi connectivity index (χ3v) is 4.21. The minimum atomic E-state index is -4.67.